The van der Waals surface area contributed by atoms with Gasteiger partial charge >= 0.3 is 12.1 Å². The Kier molecular flexibility index (Phi) is 10.9. The van der Waals surface area contributed by atoms with Crippen LogP contribution in [0.25, 0.3) is 11.1 Å². The van der Waals surface area contributed by atoms with Crippen molar-refractivity contribution >= 4 is 23.7 Å². The first-order valence-electron chi connectivity index (χ1n) is 13.2. The number of benzene rings is 3. The van der Waals surface area contributed by atoms with Crippen LogP contribution < -0.4 is 21.3 Å². The summed E-state index contributed by atoms with van der Waals surface area (Å²) in [7, 11) is 0. The molecule has 4 amide bonds. The molecule has 8 nitrogen and oxygen atoms in total. The summed E-state index contributed by atoms with van der Waals surface area (Å²) in [4.78, 5) is 36.9. The molecule has 0 unspecified atom stereocenters. The quantitative estimate of drug-likeness (QED) is 0.245. The number of nitrogens with one attached hydrogen (secondary N) is 4. The third-order valence-electron chi connectivity index (χ3n) is 5.75. The monoisotopic (exact) mass is 530 g/mol. The fourth-order valence-electron chi connectivity index (χ4n) is 3.93. The number of rotatable bonds is 11. The van der Waals surface area contributed by atoms with Crippen molar-refractivity contribution in [2.75, 3.05) is 18.4 Å². The molecule has 3 rings (SSSR count). The van der Waals surface area contributed by atoms with Crippen LogP contribution in [0.3, 0.4) is 0 Å². The molecule has 0 fully saturated rings. The SMILES string of the molecule is CC(C)(C)OC(=O)NCCNC(=O)CC[C@@H](Cc1ccccc1)NC(=O)Nc1ccc(-c2ccccc2)cc1. The standard InChI is InChI=1S/C31H38N4O4/c1-31(2,3)39-30(38)33-21-20-32-28(36)19-18-27(22-23-10-6-4-7-11-23)35-29(37)34-26-16-14-25(15-17-26)24-12-8-5-9-13-24/h4-17,27H,18-22H2,1-3H3,(H,32,36)(H,33,38)(H2,34,35,37)/t27-/m0/s1. The number of alkyl carbamates (subject to hydrolysis) is 1. The largest absolute Gasteiger partial charge is 0.444 e. The van der Waals surface area contributed by atoms with Crippen molar-refractivity contribution in [1.29, 1.82) is 0 Å². The second-order valence-corrected chi connectivity index (χ2v) is 10.2. The molecule has 0 aromatic heterocycles. The lowest BCUT2D eigenvalue weighted by Crippen LogP contribution is -2.41. The Labute approximate surface area is 230 Å². The fraction of sp³-hybridized carbons (Fsp3) is 0.323. The molecule has 3 aromatic carbocycles. The number of carbonyl (C=O) groups excluding carboxylic acids is 3. The summed E-state index contributed by atoms with van der Waals surface area (Å²) in [5.41, 5.74) is 3.34. The van der Waals surface area contributed by atoms with E-state index in [0.29, 0.717) is 18.5 Å². The molecule has 0 bridgehead atoms. The van der Waals surface area contributed by atoms with Crippen LogP contribution in [-0.4, -0.2) is 42.8 Å². The first-order valence-corrected chi connectivity index (χ1v) is 13.2. The first-order chi connectivity index (χ1) is 18.7. The summed E-state index contributed by atoms with van der Waals surface area (Å²) in [6.07, 6.45) is 0.759. The predicted molar refractivity (Wildman–Crippen MR) is 154 cm³/mol. The van der Waals surface area contributed by atoms with Gasteiger partial charge in [0.15, 0.2) is 0 Å². The van der Waals surface area contributed by atoms with Crippen molar-refractivity contribution in [3.05, 3.63) is 90.5 Å². The number of amides is 4. The van der Waals surface area contributed by atoms with Gasteiger partial charge in [0.05, 0.1) is 0 Å². The van der Waals surface area contributed by atoms with Crippen LogP contribution in [0.5, 0.6) is 0 Å². The summed E-state index contributed by atoms with van der Waals surface area (Å²) in [6, 6.07) is 27.0. The van der Waals surface area contributed by atoms with Gasteiger partial charge in [-0.3, -0.25) is 4.79 Å². The van der Waals surface area contributed by atoms with E-state index < -0.39 is 11.7 Å². The minimum Gasteiger partial charge on any atom is -0.444 e. The van der Waals surface area contributed by atoms with E-state index in [2.05, 4.69) is 21.3 Å². The van der Waals surface area contributed by atoms with E-state index >= 15 is 0 Å². The van der Waals surface area contributed by atoms with Crippen LogP contribution in [0.4, 0.5) is 15.3 Å². The topological polar surface area (TPSA) is 109 Å². The van der Waals surface area contributed by atoms with Gasteiger partial charge in [-0.1, -0.05) is 72.8 Å². The Morgan fingerprint density at radius 1 is 0.769 bits per heavy atom. The van der Waals surface area contributed by atoms with Crippen LogP contribution in [0.15, 0.2) is 84.9 Å². The Bertz CT molecular complexity index is 1190. The molecule has 3 aromatic rings. The Hall–Kier alpha value is -4.33. The molecule has 0 saturated heterocycles. The zero-order valence-electron chi connectivity index (χ0n) is 22.8. The zero-order chi connectivity index (χ0) is 28.1. The lowest BCUT2D eigenvalue weighted by atomic mass is 10.0. The lowest BCUT2D eigenvalue weighted by Gasteiger charge is -2.20. The fourth-order valence-corrected chi connectivity index (χ4v) is 3.93. The van der Waals surface area contributed by atoms with Crippen molar-refractivity contribution in [2.45, 2.75) is 51.7 Å². The first kappa shape index (κ1) is 29.2. The average molecular weight is 531 g/mol. The van der Waals surface area contributed by atoms with Gasteiger partial charge in [0.25, 0.3) is 0 Å². The molecule has 39 heavy (non-hydrogen) atoms. The van der Waals surface area contributed by atoms with Gasteiger partial charge in [0.2, 0.25) is 5.91 Å². The molecule has 8 heteroatoms. The third kappa shape index (κ3) is 11.3. The van der Waals surface area contributed by atoms with Crippen LogP contribution in [0, 0.1) is 0 Å². The Morgan fingerprint density at radius 3 is 2.00 bits per heavy atom. The highest BCUT2D eigenvalue weighted by molar-refractivity contribution is 5.90. The number of anilines is 1. The molecule has 0 radical (unpaired) electrons. The molecule has 0 aliphatic carbocycles. The molecule has 0 saturated carbocycles. The van der Waals surface area contributed by atoms with Crippen LogP contribution >= 0.6 is 0 Å². The van der Waals surface area contributed by atoms with Crippen LogP contribution in [0.2, 0.25) is 0 Å². The van der Waals surface area contributed by atoms with Gasteiger partial charge in [-0.2, -0.15) is 0 Å². The van der Waals surface area contributed by atoms with E-state index in [1.165, 1.54) is 0 Å². The van der Waals surface area contributed by atoms with Gasteiger partial charge in [0.1, 0.15) is 5.60 Å². The normalized spacial score (nSPS) is 11.7. The molecular formula is C31H38N4O4. The van der Waals surface area contributed by atoms with E-state index in [1.54, 1.807) is 20.8 Å². The second kappa shape index (κ2) is 14.6. The Balaban J connectivity index is 1.49. The van der Waals surface area contributed by atoms with Gasteiger partial charge in [0, 0.05) is 31.2 Å². The number of urea groups is 1. The highest BCUT2D eigenvalue weighted by Crippen LogP contribution is 2.21. The molecule has 0 aliphatic heterocycles. The van der Waals surface area contributed by atoms with Gasteiger partial charge < -0.3 is 26.0 Å². The number of hydrogen-bond donors (Lipinski definition) is 4. The average Bonchev–Trinajstić information content (AvgIpc) is 2.90. The van der Waals surface area contributed by atoms with E-state index in [1.807, 2.05) is 84.9 Å². The Morgan fingerprint density at radius 2 is 1.36 bits per heavy atom. The van der Waals surface area contributed by atoms with Crippen LogP contribution in [-0.2, 0) is 16.0 Å². The van der Waals surface area contributed by atoms with Crippen molar-refractivity contribution in [3.63, 3.8) is 0 Å². The van der Waals surface area contributed by atoms with Crippen molar-refractivity contribution < 1.29 is 19.1 Å². The van der Waals surface area contributed by atoms with Crippen molar-refractivity contribution in [1.82, 2.24) is 16.0 Å². The van der Waals surface area contributed by atoms with E-state index in [4.69, 9.17) is 4.74 Å². The maximum Gasteiger partial charge on any atom is 0.407 e. The van der Waals surface area contributed by atoms with Gasteiger partial charge in [-0.15, -0.1) is 0 Å². The molecule has 0 aliphatic rings. The molecule has 0 spiro atoms. The lowest BCUT2D eigenvalue weighted by molar-refractivity contribution is -0.121. The highest BCUT2D eigenvalue weighted by Gasteiger charge is 2.17. The minimum absolute atomic E-state index is 0.155. The summed E-state index contributed by atoms with van der Waals surface area (Å²) in [6.45, 7) is 5.91. The minimum atomic E-state index is -0.577. The molecule has 1 atom stereocenters. The van der Waals surface area contributed by atoms with Gasteiger partial charge in [-0.25, -0.2) is 9.59 Å². The second-order valence-electron chi connectivity index (χ2n) is 10.2. The third-order valence-corrected chi connectivity index (χ3v) is 5.75. The molecule has 0 heterocycles. The van der Waals surface area contributed by atoms with Crippen molar-refractivity contribution in [3.8, 4) is 11.1 Å². The van der Waals surface area contributed by atoms with Crippen LogP contribution in [0.1, 0.15) is 39.2 Å². The summed E-state index contributed by atoms with van der Waals surface area (Å²) in [5.74, 6) is -0.155. The van der Waals surface area contributed by atoms with Crippen molar-refractivity contribution in [2.24, 2.45) is 0 Å². The van der Waals surface area contributed by atoms with E-state index in [0.717, 1.165) is 16.7 Å². The summed E-state index contributed by atoms with van der Waals surface area (Å²) < 4.78 is 5.18. The predicted octanol–water partition coefficient (Wildman–Crippen LogP) is 5.51. The number of ether oxygens (including phenoxy) is 1. The smallest absolute Gasteiger partial charge is 0.407 e. The number of hydrogen-bond acceptors (Lipinski definition) is 4. The van der Waals surface area contributed by atoms with E-state index in [-0.39, 0.29) is 37.5 Å². The summed E-state index contributed by atoms with van der Waals surface area (Å²) in [5, 5.41) is 11.3. The highest BCUT2D eigenvalue weighted by atomic mass is 16.6. The van der Waals surface area contributed by atoms with Gasteiger partial charge in [-0.05, 0) is 62.4 Å². The molecule has 4 N–H and O–H groups in total. The van der Waals surface area contributed by atoms with E-state index in [9.17, 15) is 14.4 Å². The zero-order valence-corrected chi connectivity index (χ0v) is 22.8. The summed E-state index contributed by atoms with van der Waals surface area (Å²) >= 11 is 0. The maximum absolute atomic E-state index is 12.8. The molecular weight excluding hydrogens is 492 g/mol. The number of carbonyl (C=O) groups is 3. The molecule has 206 valence electrons. The maximum atomic E-state index is 12.8.